The summed E-state index contributed by atoms with van der Waals surface area (Å²) in [6.45, 7) is 9.28. The molecule has 0 radical (unpaired) electrons. The summed E-state index contributed by atoms with van der Waals surface area (Å²) in [5.74, 6) is -0.0966. The quantitative estimate of drug-likeness (QED) is 0.484. The highest BCUT2D eigenvalue weighted by Gasteiger charge is 2.28. The van der Waals surface area contributed by atoms with Crippen LogP contribution in [0.4, 0.5) is 0 Å². The highest BCUT2D eigenvalue weighted by Crippen LogP contribution is 2.34. The van der Waals surface area contributed by atoms with E-state index < -0.39 is 18.4 Å². The van der Waals surface area contributed by atoms with Crippen molar-refractivity contribution >= 4 is 17.6 Å². The second kappa shape index (κ2) is 10.8. The number of aliphatic hydroxyl groups is 1. The van der Waals surface area contributed by atoms with Gasteiger partial charge in [-0.1, -0.05) is 38.1 Å². The summed E-state index contributed by atoms with van der Waals surface area (Å²) in [5, 5.41) is 10.3. The fraction of sp³-hybridized carbons (Fsp3) is 0.571. The Kier molecular flexibility index (Phi) is 8.76. The Labute approximate surface area is 171 Å². The molecule has 1 fully saturated rings. The number of hydrogen-bond donors (Lipinski definition) is 1. The molecule has 6 nitrogen and oxygen atoms in total. The Hall–Kier alpha value is -1.60. The van der Waals surface area contributed by atoms with Crippen molar-refractivity contribution in [2.75, 3.05) is 13.2 Å². The van der Waals surface area contributed by atoms with Crippen LogP contribution < -0.4 is 4.74 Å². The van der Waals surface area contributed by atoms with E-state index >= 15 is 0 Å². The average Bonchev–Trinajstić information content (AvgIpc) is 2.69. The lowest BCUT2D eigenvalue weighted by molar-refractivity contribution is -0.243. The monoisotopic (exact) mass is 412 g/mol. The molecule has 0 amide bonds. The van der Waals surface area contributed by atoms with E-state index in [0.717, 1.165) is 18.4 Å². The molecule has 28 heavy (non-hydrogen) atoms. The van der Waals surface area contributed by atoms with Crippen LogP contribution in [0.15, 0.2) is 30.4 Å². The maximum Gasteiger partial charge on any atom is 0.333 e. The molecule has 1 heterocycles. The van der Waals surface area contributed by atoms with Crippen LogP contribution in [0.5, 0.6) is 5.75 Å². The van der Waals surface area contributed by atoms with Crippen molar-refractivity contribution < 1.29 is 28.8 Å². The molecule has 0 spiro atoms. The lowest BCUT2D eigenvalue weighted by Crippen LogP contribution is -2.31. The van der Waals surface area contributed by atoms with Gasteiger partial charge >= 0.3 is 5.97 Å². The van der Waals surface area contributed by atoms with E-state index in [1.54, 1.807) is 19.1 Å². The van der Waals surface area contributed by atoms with Gasteiger partial charge in [0.1, 0.15) is 25.1 Å². The molecule has 1 aromatic carbocycles. The topological polar surface area (TPSA) is 74.2 Å². The van der Waals surface area contributed by atoms with Gasteiger partial charge in [-0.2, -0.15) is 0 Å². The molecular formula is C21H29ClO6. The molecule has 4 atom stereocenters. The number of halogens is 1. The first-order chi connectivity index (χ1) is 13.3. The van der Waals surface area contributed by atoms with Gasteiger partial charge in [-0.15, -0.1) is 0 Å². The van der Waals surface area contributed by atoms with Crippen molar-refractivity contribution in [2.24, 2.45) is 0 Å². The summed E-state index contributed by atoms with van der Waals surface area (Å²) in [6, 6.07) is 5.28. The molecule has 1 aliphatic heterocycles. The fourth-order valence-electron chi connectivity index (χ4n) is 2.75. The number of esters is 1. The predicted molar refractivity (Wildman–Crippen MR) is 106 cm³/mol. The minimum atomic E-state index is -0.972. The van der Waals surface area contributed by atoms with E-state index in [0.29, 0.717) is 22.8 Å². The fourth-order valence-corrected chi connectivity index (χ4v) is 3.00. The minimum absolute atomic E-state index is 0.0592. The summed E-state index contributed by atoms with van der Waals surface area (Å²) >= 11 is 6.31. The molecule has 1 aromatic rings. The Balaban J connectivity index is 1.88. The zero-order chi connectivity index (χ0) is 20.7. The van der Waals surface area contributed by atoms with Crippen molar-refractivity contribution in [3.05, 3.63) is 40.9 Å². The zero-order valence-electron chi connectivity index (χ0n) is 16.7. The largest absolute Gasteiger partial charge is 0.489 e. The molecule has 1 aliphatic rings. The summed E-state index contributed by atoms with van der Waals surface area (Å²) in [6.07, 6.45) is 1.13. The number of rotatable bonds is 9. The third-order valence-corrected chi connectivity index (χ3v) is 4.80. The number of aliphatic hydroxyl groups excluding tert-OH is 1. The van der Waals surface area contributed by atoms with E-state index in [-0.39, 0.29) is 25.4 Å². The first kappa shape index (κ1) is 22.7. The lowest BCUT2D eigenvalue weighted by Gasteiger charge is -2.34. The summed E-state index contributed by atoms with van der Waals surface area (Å²) in [7, 11) is 0. The maximum atomic E-state index is 11.5. The molecule has 7 heteroatoms. The van der Waals surface area contributed by atoms with E-state index in [1.807, 2.05) is 13.0 Å². The van der Waals surface area contributed by atoms with Crippen LogP contribution in [-0.2, 0) is 19.0 Å². The molecule has 156 valence electrons. The minimum Gasteiger partial charge on any atom is -0.489 e. The van der Waals surface area contributed by atoms with Crippen LogP contribution in [0.2, 0.25) is 5.02 Å². The predicted octanol–water partition coefficient (Wildman–Crippen LogP) is 4.19. The lowest BCUT2D eigenvalue weighted by atomic mass is 10.1. The van der Waals surface area contributed by atoms with Gasteiger partial charge in [-0.3, -0.25) is 0 Å². The van der Waals surface area contributed by atoms with Gasteiger partial charge in [-0.25, -0.2) is 4.79 Å². The number of carbonyl (C=O) groups is 1. The van der Waals surface area contributed by atoms with Crippen molar-refractivity contribution in [1.82, 2.24) is 0 Å². The molecule has 2 rings (SSSR count). The Bertz CT molecular complexity index is 677. The molecule has 0 aliphatic carbocycles. The van der Waals surface area contributed by atoms with Crippen molar-refractivity contribution in [2.45, 2.75) is 64.6 Å². The van der Waals surface area contributed by atoms with Gasteiger partial charge in [0, 0.05) is 11.1 Å². The number of carbonyl (C=O) groups excluding carboxylic acids is 1. The van der Waals surface area contributed by atoms with Gasteiger partial charge in [0.05, 0.1) is 17.2 Å². The molecule has 4 unspecified atom stereocenters. The molecular weight excluding hydrogens is 384 g/mol. The van der Waals surface area contributed by atoms with Gasteiger partial charge in [-0.05, 0) is 38.3 Å². The smallest absolute Gasteiger partial charge is 0.333 e. The van der Waals surface area contributed by atoms with Crippen LogP contribution in [0.1, 0.15) is 51.9 Å². The van der Waals surface area contributed by atoms with Crippen molar-refractivity contribution in [3.63, 3.8) is 0 Å². The van der Waals surface area contributed by atoms with E-state index in [4.69, 9.17) is 30.5 Å². The average molecular weight is 413 g/mol. The first-order valence-corrected chi connectivity index (χ1v) is 9.97. The van der Waals surface area contributed by atoms with Gasteiger partial charge in [0.2, 0.25) is 0 Å². The molecule has 0 saturated carbocycles. The molecule has 0 bridgehead atoms. The summed E-state index contributed by atoms with van der Waals surface area (Å²) in [5.41, 5.74) is 1.17. The van der Waals surface area contributed by atoms with Crippen LogP contribution in [0, 0.1) is 0 Å². The SMILES string of the molecule is C=C(CC)C(=O)OCC(O)COc1ccc(C2OC(C)CC(CC)O2)cc1Cl. The standard InChI is InChI=1S/C21H29ClO6/c1-5-13(3)20(24)26-12-16(23)11-25-19-8-7-15(10-18(19)22)21-27-14(4)9-17(6-2)28-21/h7-8,10,14,16-17,21,23H,3,5-6,9,11-12H2,1-2,4H3. The second-order valence-corrected chi connectivity index (χ2v) is 7.30. The van der Waals surface area contributed by atoms with E-state index in [9.17, 15) is 9.90 Å². The number of hydrogen-bond acceptors (Lipinski definition) is 6. The molecule has 1 N–H and O–H groups in total. The zero-order valence-corrected chi connectivity index (χ0v) is 17.4. The third kappa shape index (κ3) is 6.48. The van der Waals surface area contributed by atoms with Crippen molar-refractivity contribution in [3.8, 4) is 5.75 Å². The normalized spacial score (nSPS) is 23.1. The van der Waals surface area contributed by atoms with E-state index in [2.05, 4.69) is 13.5 Å². The maximum absolute atomic E-state index is 11.5. The van der Waals surface area contributed by atoms with Gasteiger partial charge in [0.15, 0.2) is 6.29 Å². The Morgan fingerprint density at radius 2 is 2.11 bits per heavy atom. The van der Waals surface area contributed by atoms with E-state index in [1.165, 1.54) is 0 Å². The molecule has 1 saturated heterocycles. The highest BCUT2D eigenvalue weighted by molar-refractivity contribution is 6.32. The van der Waals surface area contributed by atoms with Crippen LogP contribution in [0.25, 0.3) is 0 Å². The van der Waals surface area contributed by atoms with Crippen molar-refractivity contribution in [1.29, 1.82) is 0 Å². The number of benzene rings is 1. The van der Waals surface area contributed by atoms with Gasteiger partial charge in [0.25, 0.3) is 0 Å². The Morgan fingerprint density at radius 1 is 1.36 bits per heavy atom. The first-order valence-electron chi connectivity index (χ1n) is 9.60. The third-order valence-electron chi connectivity index (χ3n) is 4.50. The summed E-state index contributed by atoms with van der Waals surface area (Å²) in [4.78, 5) is 11.5. The molecule has 0 aromatic heterocycles. The van der Waals surface area contributed by atoms with Crippen LogP contribution >= 0.6 is 11.6 Å². The van der Waals surface area contributed by atoms with Gasteiger partial charge < -0.3 is 24.1 Å². The summed E-state index contributed by atoms with van der Waals surface area (Å²) < 4.78 is 22.3. The van der Waals surface area contributed by atoms with Crippen LogP contribution in [0.3, 0.4) is 0 Å². The number of ether oxygens (including phenoxy) is 4. The second-order valence-electron chi connectivity index (χ2n) is 6.89. The Morgan fingerprint density at radius 3 is 2.75 bits per heavy atom. The highest BCUT2D eigenvalue weighted by atomic mass is 35.5. The van der Waals surface area contributed by atoms with Crippen LogP contribution in [-0.4, -0.2) is 42.6 Å².